The summed E-state index contributed by atoms with van der Waals surface area (Å²) < 4.78 is 5.00. The Kier molecular flexibility index (Phi) is 4.29. The molecule has 0 saturated heterocycles. The Labute approximate surface area is 111 Å². The average Bonchev–Trinajstić information content (AvgIpc) is 2.45. The number of aliphatic hydroxyl groups excluding tert-OH is 1. The molecular weight excluding hydrogens is 242 g/mol. The molecule has 0 aliphatic rings. The molecule has 0 aliphatic heterocycles. The van der Waals surface area contributed by atoms with Crippen molar-refractivity contribution in [2.45, 2.75) is 6.04 Å². The number of rotatable bonds is 5. The molecule has 1 unspecified atom stereocenters. The zero-order valence-corrected chi connectivity index (χ0v) is 10.6. The molecule has 0 saturated carbocycles. The van der Waals surface area contributed by atoms with Gasteiger partial charge in [0, 0.05) is 12.5 Å². The van der Waals surface area contributed by atoms with Gasteiger partial charge < -0.3 is 15.2 Å². The summed E-state index contributed by atoms with van der Waals surface area (Å²) in [7, 11) is 1.57. The summed E-state index contributed by atoms with van der Waals surface area (Å²) in [6.07, 6.45) is 0. The Hall–Kier alpha value is -2.16. The van der Waals surface area contributed by atoms with Gasteiger partial charge in [-0.2, -0.15) is 5.26 Å². The van der Waals surface area contributed by atoms with E-state index in [2.05, 4.69) is 16.4 Å². The molecule has 0 spiro atoms. The second-order valence-corrected chi connectivity index (χ2v) is 4.16. The number of anilines is 1. The van der Waals surface area contributed by atoms with E-state index in [1.165, 1.54) is 0 Å². The Morgan fingerprint density at radius 1 is 1.47 bits per heavy atom. The maximum atomic E-state index is 9.22. The molecule has 0 radical (unpaired) electrons. The highest BCUT2D eigenvalue weighted by Crippen LogP contribution is 2.20. The van der Waals surface area contributed by atoms with Crippen molar-refractivity contribution in [2.75, 3.05) is 25.6 Å². The van der Waals surface area contributed by atoms with Crippen molar-refractivity contribution in [3.8, 4) is 6.07 Å². The van der Waals surface area contributed by atoms with Crippen LogP contribution >= 0.6 is 0 Å². The summed E-state index contributed by atoms with van der Waals surface area (Å²) in [4.78, 5) is 4.42. The van der Waals surface area contributed by atoms with Gasteiger partial charge in [0.25, 0.3) is 0 Å². The lowest BCUT2D eigenvalue weighted by atomic mass is 10.1. The van der Waals surface area contributed by atoms with Crippen LogP contribution in [0.4, 0.5) is 5.82 Å². The van der Waals surface area contributed by atoms with Crippen molar-refractivity contribution in [1.29, 1.82) is 5.26 Å². The first-order chi connectivity index (χ1) is 9.28. The Morgan fingerprint density at radius 3 is 2.95 bits per heavy atom. The van der Waals surface area contributed by atoms with Crippen LogP contribution in [0.5, 0.6) is 0 Å². The largest absolute Gasteiger partial charge is 0.394 e. The molecule has 0 bridgehead atoms. The van der Waals surface area contributed by atoms with Crippen molar-refractivity contribution >= 4 is 16.7 Å². The van der Waals surface area contributed by atoms with Crippen LogP contribution < -0.4 is 5.32 Å². The zero-order valence-electron chi connectivity index (χ0n) is 10.6. The normalized spacial score (nSPS) is 12.1. The number of benzene rings is 1. The maximum Gasteiger partial charge on any atom is 0.128 e. The highest BCUT2D eigenvalue weighted by atomic mass is 16.5. The first kappa shape index (κ1) is 13.3. The molecule has 1 atom stereocenters. The van der Waals surface area contributed by atoms with Gasteiger partial charge in [-0.05, 0) is 12.1 Å². The number of aromatic nitrogens is 1. The summed E-state index contributed by atoms with van der Waals surface area (Å²) in [6, 6.07) is 11.1. The second kappa shape index (κ2) is 6.14. The molecule has 1 aromatic heterocycles. The second-order valence-electron chi connectivity index (χ2n) is 4.16. The van der Waals surface area contributed by atoms with E-state index in [9.17, 15) is 10.4 Å². The number of methoxy groups -OCH3 is 1. The first-order valence-electron chi connectivity index (χ1n) is 5.94. The first-order valence-corrected chi connectivity index (χ1v) is 5.94. The lowest BCUT2D eigenvalue weighted by Gasteiger charge is -2.16. The number of nitrogens with zero attached hydrogens (tertiary/aromatic N) is 2. The molecule has 0 fully saturated rings. The number of nitrogens with one attached hydrogen (secondary N) is 1. The Morgan fingerprint density at radius 2 is 2.26 bits per heavy atom. The molecule has 0 amide bonds. The molecule has 0 aliphatic carbocycles. The third-order valence-corrected chi connectivity index (χ3v) is 2.78. The van der Waals surface area contributed by atoms with Crippen LogP contribution in [0.15, 0.2) is 30.3 Å². The third kappa shape index (κ3) is 2.99. The Bertz CT molecular complexity index is 607. The monoisotopic (exact) mass is 257 g/mol. The molecule has 19 heavy (non-hydrogen) atoms. The third-order valence-electron chi connectivity index (χ3n) is 2.78. The van der Waals surface area contributed by atoms with E-state index in [0.29, 0.717) is 18.0 Å². The number of hydrogen-bond acceptors (Lipinski definition) is 5. The lowest BCUT2D eigenvalue weighted by molar-refractivity contribution is 0.153. The fourth-order valence-corrected chi connectivity index (χ4v) is 1.89. The predicted molar refractivity (Wildman–Crippen MR) is 72.8 cm³/mol. The maximum absolute atomic E-state index is 9.22. The molecule has 5 heteroatoms. The molecular formula is C14H15N3O2. The zero-order chi connectivity index (χ0) is 13.7. The van der Waals surface area contributed by atoms with Crippen LogP contribution in [-0.4, -0.2) is 36.5 Å². The number of pyridine rings is 1. The Balaban J connectivity index is 2.37. The van der Waals surface area contributed by atoms with Gasteiger partial charge in [0.15, 0.2) is 0 Å². The number of fused-ring (bicyclic) bond motifs is 1. The summed E-state index contributed by atoms with van der Waals surface area (Å²) in [5, 5.41) is 22.3. The van der Waals surface area contributed by atoms with Crippen LogP contribution in [0.1, 0.15) is 5.56 Å². The lowest BCUT2D eigenvalue weighted by Crippen LogP contribution is -2.29. The van der Waals surface area contributed by atoms with Crippen LogP contribution in [0.25, 0.3) is 10.9 Å². The van der Waals surface area contributed by atoms with Crippen LogP contribution in [0.3, 0.4) is 0 Å². The fourth-order valence-electron chi connectivity index (χ4n) is 1.89. The van der Waals surface area contributed by atoms with Gasteiger partial charge >= 0.3 is 0 Å². The SMILES string of the molecule is COCC(CO)Nc1cc(C#N)c2ccccc2n1. The minimum absolute atomic E-state index is 0.0652. The predicted octanol–water partition coefficient (Wildman–Crippen LogP) is 1.53. The summed E-state index contributed by atoms with van der Waals surface area (Å²) in [6.45, 7) is 0.303. The van der Waals surface area contributed by atoms with Gasteiger partial charge in [0.1, 0.15) is 5.82 Å². The number of para-hydroxylation sites is 1. The number of hydrogen-bond donors (Lipinski definition) is 2. The molecule has 1 aromatic carbocycles. The minimum atomic E-state index is -0.245. The summed E-state index contributed by atoms with van der Waals surface area (Å²) in [5.41, 5.74) is 1.31. The van der Waals surface area contributed by atoms with E-state index in [1.54, 1.807) is 13.2 Å². The van der Waals surface area contributed by atoms with Gasteiger partial charge in [0.05, 0.1) is 36.4 Å². The standard InChI is InChI=1S/C14H15N3O2/c1-19-9-11(8-18)16-14-6-10(7-15)12-4-2-3-5-13(12)17-14/h2-6,11,18H,8-9H2,1H3,(H,16,17). The van der Waals surface area contributed by atoms with Gasteiger partial charge in [-0.25, -0.2) is 4.98 Å². The van der Waals surface area contributed by atoms with Crippen LogP contribution in [0.2, 0.25) is 0 Å². The van der Waals surface area contributed by atoms with E-state index in [1.807, 2.05) is 24.3 Å². The van der Waals surface area contributed by atoms with E-state index in [0.717, 1.165) is 10.9 Å². The van der Waals surface area contributed by atoms with Gasteiger partial charge in [0.2, 0.25) is 0 Å². The fraction of sp³-hybridized carbons (Fsp3) is 0.286. The van der Waals surface area contributed by atoms with Gasteiger partial charge in [-0.1, -0.05) is 18.2 Å². The molecule has 1 heterocycles. The van der Waals surface area contributed by atoms with Crippen molar-refractivity contribution in [3.05, 3.63) is 35.9 Å². The smallest absolute Gasteiger partial charge is 0.128 e. The molecule has 5 nitrogen and oxygen atoms in total. The van der Waals surface area contributed by atoms with E-state index in [-0.39, 0.29) is 12.6 Å². The van der Waals surface area contributed by atoms with E-state index < -0.39 is 0 Å². The number of nitriles is 1. The van der Waals surface area contributed by atoms with E-state index in [4.69, 9.17) is 4.74 Å². The molecule has 2 rings (SSSR count). The highest BCUT2D eigenvalue weighted by Gasteiger charge is 2.10. The molecule has 2 N–H and O–H groups in total. The van der Waals surface area contributed by atoms with Gasteiger partial charge in [-0.15, -0.1) is 0 Å². The van der Waals surface area contributed by atoms with Crippen molar-refractivity contribution in [2.24, 2.45) is 0 Å². The summed E-state index contributed by atoms with van der Waals surface area (Å²) >= 11 is 0. The van der Waals surface area contributed by atoms with Gasteiger partial charge in [-0.3, -0.25) is 0 Å². The quantitative estimate of drug-likeness (QED) is 0.849. The summed E-state index contributed by atoms with van der Waals surface area (Å²) in [5.74, 6) is 0.561. The van der Waals surface area contributed by atoms with Crippen molar-refractivity contribution in [3.63, 3.8) is 0 Å². The highest BCUT2D eigenvalue weighted by molar-refractivity contribution is 5.86. The number of aliphatic hydroxyl groups is 1. The van der Waals surface area contributed by atoms with E-state index >= 15 is 0 Å². The molecule has 98 valence electrons. The topological polar surface area (TPSA) is 78.2 Å². The average molecular weight is 257 g/mol. The van der Waals surface area contributed by atoms with Crippen LogP contribution in [-0.2, 0) is 4.74 Å². The van der Waals surface area contributed by atoms with Crippen molar-refractivity contribution < 1.29 is 9.84 Å². The number of ether oxygens (including phenoxy) is 1. The van der Waals surface area contributed by atoms with Crippen molar-refractivity contribution in [1.82, 2.24) is 4.98 Å². The molecule has 2 aromatic rings. The van der Waals surface area contributed by atoms with Crippen LogP contribution in [0, 0.1) is 11.3 Å². The minimum Gasteiger partial charge on any atom is -0.394 e.